The normalized spacial score (nSPS) is 21.7. The van der Waals surface area contributed by atoms with E-state index in [9.17, 15) is 0 Å². The first-order valence-corrected chi connectivity index (χ1v) is 8.49. The van der Waals surface area contributed by atoms with Gasteiger partial charge in [-0.3, -0.25) is 4.90 Å². The van der Waals surface area contributed by atoms with E-state index in [1.807, 2.05) is 6.07 Å². The summed E-state index contributed by atoms with van der Waals surface area (Å²) in [7, 11) is 3.46. The Balaban J connectivity index is 1.93. The lowest BCUT2D eigenvalue weighted by molar-refractivity contribution is 0.125. The summed E-state index contributed by atoms with van der Waals surface area (Å²) in [5, 5.41) is 3.47. The van der Waals surface area contributed by atoms with E-state index in [1.54, 1.807) is 14.2 Å². The van der Waals surface area contributed by atoms with E-state index in [2.05, 4.69) is 22.3 Å². The van der Waals surface area contributed by atoms with Crippen LogP contribution in [0.15, 0.2) is 18.2 Å². The standard InChI is InChI=1S/C18H28N2O2/c1-21-16-11-15(12-17(13-16)22-2)18(14-5-3-4-6-14)20-9-7-19-8-10-20/h11-14,18-19H,3-10H2,1-2H3/t18-/m0/s1. The smallest absolute Gasteiger partial charge is 0.122 e. The fraction of sp³-hybridized carbons (Fsp3) is 0.667. The number of methoxy groups -OCH3 is 2. The van der Waals surface area contributed by atoms with Crippen LogP contribution in [0.1, 0.15) is 37.3 Å². The summed E-state index contributed by atoms with van der Waals surface area (Å²) in [6, 6.07) is 6.86. The van der Waals surface area contributed by atoms with E-state index in [0.29, 0.717) is 6.04 Å². The van der Waals surface area contributed by atoms with Gasteiger partial charge in [0.25, 0.3) is 0 Å². The molecule has 0 amide bonds. The zero-order valence-corrected chi connectivity index (χ0v) is 13.8. The maximum absolute atomic E-state index is 5.49. The Bertz CT molecular complexity index is 458. The average molecular weight is 304 g/mol. The molecule has 22 heavy (non-hydrogen) atoms. The molecule has 0 unspecified atom stereocenters. The lowest BCUT2D eigenvalue weighted by atomic mass is 9.89. The Morgan fingerprint density at radius 3 is 2.14 bits per heavy atom. The summed E-state index contributed by atoms with van der Waals surface area (Å²) in [6.07, 6.45) is 5.42. The van der Waals surface area contributed by atoms with Gasteiger partial charge >= 0.3 is 0 Å². The minimum absolute atomic E-state index is 0.494. The molecule has 4 nitrogen and oxygen atoms in total. The van der Waals surface area contributed by atoms with Gasteiger partial charge in [-0.05, 0) is 36.5 Å². The van der Waals surface area contributed by atoms with Crippen molar-refractivity contribution in [2.24, 2.45) is 5.92 Å². The Labute approximate surface area is 133 Å². The number of nitrogens with zero attached hydrogens (tertiary/aromatic N) is 1. The summed E-state index contributed by atoms with van der Waals surface area (Å²) < 4.78 is 11.0. The van der Waals surface area contributed by atoms with Crippen molar-refractivity contribution in [2.45, 2.75) is 31.7 Å². The zero-order valence-electron chi connectivity index (χ0n) is 13.8. The molecular formula is C18H28N2O2. The van der Waals surface area contributed by atoms with Crippen molar-refractivity contribution in [1.29, 1.82) is 0 Å². The van der Waals surface area contributed by atoms with Crippen LogP contribution in [-0.4, -0.2) is 45.3 Å². The first-order chi connectivity index (χ1) is 10.8. The molecule has 1 atom stereocenters. The number of piperazine rings is 1. The zero-order chi connectivity index (χ0) is 15.4. The van der Waals surface area contributed by atoms with Crippen LogP contribution in [0.2, 0.25) is 0 Å². The third-order valence-corrected chi connectivity index (χ3v) is 5.11. The fourth-order valence-electron chi connectivity index (χ4n) is 4.01. The number of hydrogen-bond donors (Lipinski definition) is 1. The second-order valence-electron chi connectivity index (χ2n) is 6.42. The summed E-state index contributed by atoms with van der Waals surface area (Å²) >= 11 is 0. The van der Waals surface area contributed by atoms with Gasteiger partial charge in [-0.15, -0.1) is 0 Å². The van der Waals surface area contributed by atoms with Crippen molar-refractivity contribution in [3.63, 3.8) is 0 Å². The quantitative estimate of drug-likeness (QED) is 0.907. The molecule has 1 aliphatic carbocycles. The number of ether oxygens (including phenoxy) is 2. The van der Waals surface area contributed by atoms with Gasteiger partial charge < -0.3 is 14.8 Å². The monoisotopic (exact) mass is 304 g/mol. The number of nitrogens with one attached hydrogen (secondary N) is 1. The molecule has 2 aliphatic rings. The highest BCUT2D eigenvalue weighted by Gasteiger charge is 2.32. The van der Waals surface area contributed by atoms with Crippen molar-refractivity contribution < 1.29 is 9.47 Å². The molecule has 1 aliphatic heterocycles. The number of hydrogen-bond acceptors (Lipinski definition) is 4. The molecule has 3 rings (SSSR count). The molecule has 1 aromatic rings. The topological polar surface area (TPSA) is 33.7 Å². The summed E-state index contributed by atoms with van der Waals surface area (Å²) in [6.45, 7) is 4.43. The first-order valence-electron chi connectivity index (χ1n) is 8.49. The molecule has 1 N–H and O–H groups in total. The first kappa shape index (κ1) is 15.6. The molecule has 0 aromatic heterocycles. The van der Waals surface area contributed by atoms with Crippen LogP contribution in [0.4, 0.5) is 0 Å². The van der Waals surface area contributed by atoms with E-state index in [4.69, 9.17) is 9.47 Å². The molecule has 1 heterocycles. The molecular weight excluding hydrogens is 276 g/mol. The summed E-state index contributed by atoms with van der Waals surface area (Å²) in [4.78, 5) is 2.65. The average Bonchev–Trinajstić information content (AvgIpc) is 3.10. The van der Waals surface area contributed by atoms with E-state index >= 15 is 0 Å². The van der Waals surface area contributed by atoms with E-state index in [-0.39, 0.29) is 0 Å². The molecule has 122 valence electrons. The highest BCUT2D eigenvalue weighted by Crippen LogP contribution is 2.41. The molecule has 0 bridgehead atoms. The second-order valence-corrected chi connectivity index (χ2v) is 6.42. The van der Waals surface area contributed by atoms with Gasteiger partial charge in [-0.1, -0.05) is 12.8 Å². The predicted octanol–water partition coefficient (Wildman–Crippen LogP) is 2.84. The maximum atomic E-state index is 5.49. The molecule has 0 radical (unpaired) electrons. The van der Waals surface area contributed by atoms with Gasteiger partial charge in [-0.2, -0.15) is 0 Å². The summed E-state index contributed by atoms with van der Waals surface area (Å²) in [5.74, 6) is 2.55. The number of rotatable bonds is 5. The van der Waals surface area contributed by atoms with Crippen molar-refractivity contribution >= 4 is 0 Å². The van der Waals surface area contributed by atoms with Crippen molar-refractivity contribution in [3.05, 3.63) is 23.8 Å². The van der Waals surface area contributed by atoms with Gasteiger partial charge in [0, 0.05) is 38.3 Å². The molecule has 1 saturated carbocycles. The van der Waals surface area contributed by atoms with Crippen LogP contribution in [0, 0.1) is 5.92 Å². The lowest BCUT2D eigenvalue weighted by Crippen LogP contribution is -2.46. The molecule has 1 aromatic carbocycles. The molecule has 4 heteroatoms. The maximum Gasteiger partial charge on any atom is 0.122 e. The molecule has 1 saturated heterocycles. The summed E-state index contributed by atoms with van der Waals surface area (Å²) in [5.41, 5.74) is 1.35. The second kappa shape index (κ2) is 7.34. The van der Waals surface area contributed by atoms with Gasteiger partial charge in [0.15, 0.2) is 0 Å². The Morgan fingerprint density at radius 2 is 1.59 bits per heavy atom. The minimum Gasteiger partial charge on any atom is -0.497 e. The van der Waals surface area contributed by atoms with Gasteiger partial charge in [-0.25, -0.2) is 0 Å². The Hall–Kier alpha value is -1.26. The van der Waals surface area contributed by atoms with Crippen LogP contribution in [-0.2, 0) is 0 Å². The van der Waals surface area contributed by atoms with Crippen LogP contribution < -0.4 is 14.8 Å². The minimum atomic E-state index is 0.494. The Morgan fingerprint density at radius 1 is 1.00 bits per heavy atom. The number of benzene rings is 1. The van der Waals surface area contributed by atoms with Crippen molar-refractivity contribution in [2.75, 3.05) is 40.4 Å². The SMILES string of the molecule is COc1cc(OC)cc([C@H](C2CCCC2)N2CCNCC2)c1. The van der Waals surface area contributed by atoms with E-state index in [1.165, 1.54) is 31.2 Å². The van der Waals surface area contributed by atoms with E-state index in [0.717, 1.165) is 43.6 Å². The highest BCUT2D eigenvalue weighted by atomic mass is 16.5. The highest BCUT2D eigenvalue weighted by molar-refractivity contribution is 5.40. The van der Waals surface area contributed by atoms with Crippen molar-refractivity contribution in [1.82, 2.24) is 10.2 Å². The van der Waals surface area contributed by atoms with E-state index < -0.39 is 0 Å². The van der Waals surface area contributed by atoms with Crippen LogP contribution >= 0.6 is 0 Å². The Kier molecular flexibility index (Phi) is 5.21. The van der Waals surface area contributed by atoms with Gasteiger partial charge in [0.1, 0.15) is 11.5 Å². The fourth-order valence-corrected chi connectivity index (χ4v) is 4.01. The van der Waals surface area contributed by atoms with Gasteiger partial charge in [0.2, 0.25) is 0 Å². The molecule has 2 fully saturated rings. The van der Waals surface area contributed by atoms with Crippen molar-refractivity contribution in [3.8, 4) is 11.5 Å². The molecule has 0 spiro atoms. The lowest BCUT2D eigenvalue weighted by Gasteiger charge is -2.39. The third-order valence-electron chi connectivity index (χ3n) is 5.11. The predicted molar refractivity (Wildman–Crippen MR) is 88.7 cm³/mol. The van der Waals surface area contributed by atoms with Crippen LogP contribution in [0.3, 0.4) is 0 Å². The third kappa shape index (κ3) is 3.39. The van der Waals surface area contributed by atoms with Crippen LogP contribution in [0.5, 0.6) is 11.5 Å². The van der Waals surface area contributed by atoms with Gasteiger partial charge in [0.05, 0.1) is 14.2 Å². The van der Waals surface area contributed by atoms with Crippen LogP contribution in [0.25, 0.3) is 0 Å². The largest absolute Gasteiger partial charge is 0.497 e.